The molecule has 0 aromatic heterocycles. The van der Waals surface area contributed by atoms with Crippen LogP contribution in [0.5, 0.6) is 0 Å². The number of aryl methyl sites for hydroxylation is 2. The molecule has 4 heteroatoms. The number of esters is 1. The molecule has 0 spiro atoms. The van der Waals surface area contributed by atoms with Crippen LogP contribution in [0.4, 0.5) is 0 Å². The van der Waals surface area contributed by atoms with E-state index in [4.69, 9.17) is 4.74 Å². The lowest BCUT2D eigenvalue weighted by molar-refractivity contribution is -0.161. The van der Waals surface area contributed by atoms with E-state index in [-0.39, 0.29) is 28.6 Å². The smallest absolute Gasteiger partial charge is 0.311 e. The van der Waals surface area contributed by atoms with Gasteiger partial charge in [-0.1, -0.05) is 78.6 Å². The number of hydrogen-bond acceptors (Lipinski definition) is 3. The van der Waals surface area contributed by atoms with Crippen molar-refractivity contribution in [3.05, 3.63) is 68.8 Å². The average molecular weight is 627 g/mol. The summed E-state index contributed by atoms with van der Waals surface area (Å²) in [5.74, 6) is 0.568. The van der Waals surface area contributed by atoms with Gasteiger partial charge in [0.25, 0.3) is 0 Å². The number of aliphatic carboxylic acids is 1. The summed E-state index contributed by atoms with van der Waals surface area (Å²) in [6.07, 6.45) is 10.7. The quantitative estimate of drug-likeness (QED) is 0.324. The Morgan fingerprint density at radius 2 is 1.17 bits per heavy atom. The van der Waals surface area contributed by atoms with Crippen molar-refractivity contribution in [1.82, 2.24) is 0 Å². The molecule has 6 atom stereocenters. The van der Waals surface area contributed by atoms with Crippen LogP contribution in [0.25, 0.3) is 0 Å². The minimum atomic E-state index is -0.671. The van der Waals surface area contributed by atoms with E-state index in [9.17, 15) is 14.7 Å². The standard InChI is InChI=1S/C42H58O4/c1-25(2)31-21-27-12-14-35-39(5,16-10-18-41(35,7)37(43)44)33(27)23-29(31)20-30-24-34-28(22-32(30)26(3)4)13-15-36-40(34,6)17-11-19-42(36,8)38(45)46-9/h21-26,35-36H,10-20H2,1-9H3,(H,43,44). The molecule has 0 amide bonds. The predicted molar refractivity (Wildman–Crippen MR) is 186 cm³/mol. The summed E-state index contributed by atoms with van der Waals surface area (Å²) in [5, 5.41) is 10.4. The Balaban J connectivity index is 1.47. The summed E-state index contributed by atoms with van der Waals surface area (Å²) >= 11 is 0. The highest BCUT2D eigenvalue weighted by molar-refractivity contribution is 5.77. The average Bonchev–Trinajstić information content (AvgIpc) is 3.00. The Morgan fingerprint density at radius 3 is 1.59 bits per heavy atom. The Bertz CT molecular complexity index is 1550. The van der Waals surface area contributed by atoms with Gasteiger partial charge in [-0.15, -0.1) is 0 Å². The van der Waals surface area contributed by atoms with Gasteiger partial charge in [0.05, 0.1) is 17.9 Å². The summed E-state index contributed by atoms with van der Waals surface area (Å²) in [5.41, 5.74) is 10.2. The van der Waals surface area contributed by atoms with Gasteiger partial charge >= 0.3 is 11.9 Å². The first-order valence-electron chi connectivity index (χ1n) is 18.2. The van der Waals surface area contributed by atoms with Crippen LogP contribution in [-0.2, 0) is 44.4 Å². The van der Waals surface area contributed by atoms with Gasteiger partial charge < -0.3 is 9.84 Å². The number of benzene rings is 2. The highest BCUT2D eigenvalue weighted by Crippen LogP contribution is 2.59. The van der Waals surface area contributed by atoms with Gasteiger partial charge in [-0.2, -0.15) is 0 Å². The third kappa shape index (κ3) is 4.90. The first-order chi connectivity index (χ1) is 21.6. The van der Waals surface area contributed by atoms with E-state index in [0.29, 0.717) is 11.8 Å². The van der Waals surface area contributed by atoms with E-state index in [0.717, 1.165) is 70.6 Å². The van der Waals surface area contributed by atoms with Gasteiger partial charge in [0.1, 0.15) is 0 Å². The summed E-state index contributed by atoms with van der Waals surface area (Å²) in [7, 11) is 1.55. The van der Waals surface area contributed by atoms with Crippen LogP contribution in [0.1, 0.15) is 163 Å². The molecule has 4 nitrogen and oxygen atoms in total. The van der Waals surface area contributed by atoms with E-state index >= 15 is 0 Å². The number of rotatable bonds is 6. The number of hydrogen-bond donors (Lipinski definition) is 1. The zero-order valence-corrected chi connectivity index (χ0v) is 30.1. The molecule has 4 aliphatic carbocycles. The van der Waals surface area contributed by atoms with Crippen LogP contribution in [0.15, 0.2) is 24.3 Å². The van der Waals surface area contributed by atoms with E-state index in [1.165, 1.54) is 44.5 Å². The first kappa shape index (κ1) is 33.3. The molecule has 2 aromatic rings. The van der Waals surface area contributed by atoms with Crippen LogP contribution in [0.3, 0.4) is 0 Å². The number of carboxylic acid groups (broad SMARTS) is 1. The summed E-state index contributed by atoms with van der Waals surface area (Å²) in [6, 6.07) is 10.1. The minimum absolute atomic E-state index is 0.0463. The zero-order chi connectivity index (χ0) is 33.4. The maximum atomic E-state index is 13.2. The molecule has 250 valence electrons. The van der Waals surface area contributed by atoms with Crippen LogP contribution in [-0.4, -0.2) is 24.2 Å². The largest absolute Gasteiger partial charge is 0.481 e. The number of carboxylic acids is 1. The van der Waals surface area contributed by atoms with Gasteiger partial charge in [-0.25, -0.2) is 0 Å². The van der Waals surface area contributed by atoms with Crippen molar-refractivity contribution < 1.29 is 19.4 Å². The number of carbonyl (C=O) groups excluding carboxylic acids is 1. The molecule has 0 bridgehead atoms. The lowest BCUT2D eigenvalue weighted by Gasteiger charge is -2.54. The number of fused-ring (bicyclic) bond motifs is 6. The van der Waals surface area contributed by atoms with Crippen molar-refractivity contribution >= 4 is 11.9 Å². The highest BCUT2D eigenvalue weighted by atomic mass is 16.5. The lowest BCUT2D eigenvalue weighted by Crippen LogP contribution is -2.52. The SMILES string of the molecule is COC(=O)C1(C)CCCC2(C)c3cc(Cc4cc5c(cc4C(C)C)CCC4C(C)(C(=O)O)CCCC54C)c(C(C)C)cc3CCC12. The summed E-state index contributed by atoms with van der Waals surface area (Å²) in [4.78, 5) is 25.9. The van der Waals surface area contributed by atoms with E-state index in [2.05, 4.69) is 72.7 Å². The van der Waals surface area contributed by atoms with Crippen molar-refractivity contribution in [3.63, 3.8) is 0 Å². The molecule has 1 N–H and O–H groups in total. The van der Waals surface area contributed by atoms with Crippen LogP contribution in [0.2, 0.25) is 0 Å². The minimum Gasteiger partial charge on any atom is -0.481 e. The van der Waals surface area contributed by atoms with Gasteiger partial charge in [0.15, 0.2) is 0 Å². The molecule has 6 rings (SSSR count). The molecule has 6 unspecified atom stereocenters. The summed E-state index contributed by atoms with van der Waals surface area (Å²) in [6.45, 7) is 18.3. The molecule has 4 aliphatic rings. The molecule has 2 fully saturated rings. The van der Waals surface area contributed by atoms with Crippen molar-refractivity contribution in [1.29, 1.82) is 0 Å². The van der Waals surface area contributed by atoms with Crippen molar-refractivity contribution in [2.75, 3.05) is 7.11 Å². The van der Waals surface area contributed by atoms with E-state index < -0.39 is 16.8 Å². The third-order valence-corrected chi connectivity index (χ3v) is 14.0. The Kier molecular flexibility index (Phi) is 8.33. The molecule has 2 saturated carbocycles. The Labute approximate surface area is 278 Å². The van der Waals surface area contributed by atoms with Gasteiger partial charge in [0.2, 0.25) is 0 Å². The third-order valence-electron chi connectivity index (χ3n) is 14.0. The van der Waals surface area contributed by atoms with Gasteiger partial charge in [-0.05, 0) is 151 Å². The van der Waals surface area contributed by atoms with Crippen molar-refractivity contribution in [3.8, 4) is 0 Å². The monoisotopic (exact) mass is 626 g/mol. The van der Waals surface area contributed by atoms with E-state index in [1.807, 2.05) is 6.92 Å². The van der Waals surface area contributed by atoms with Crippen molar-refractivity contribution in [2.24, 2.45) is 22.7 Å². The predicted octanol–water partition coefficient (Wildman–Crippen LogP) is 9.80. The first-order valence-corrected chi connectivity index (χ1v) is 18.2. The molecule has 0 heterocycles. The van der Waals surface area contributed by atoms with Gasteiger partial charge in [-0.3, -0.25) is 9.59 Å². The van der Waals surface area contributed by atoms with Crippen LogP contribution < -0.4 is 0 Å². The fourth-order valence-electron chi connectivity index (χ4n) is 11.5. The number of ether oxygens (including phenoxy) is 1. The summed E-state index contributed by atoms with van der Waals surface area (Å²) < 4.78 is 5.41. The topological polar surface area (TPSA) is 63.6 Å². The second-order valence-corrected chi connectivity index (χ2v) is 17.3. The molecule has 2 aromatic carbocycles. The lowest BCUT2D eigenvalue weighted by atomic mass is 9.49. The molecule has 46 heavy (non-hydrogen) atoms. The second kappa shape index (κ2) is 11.5. The fourth-order valence-corrected chi connectivity index (χ4v) is 11.5. The molecule has 0 aliphatic heterocycles. The molecular weight excluding hydrogens is 568 g/mol. The number of carbonyl (C=O) groups is 2. The Hall–Kier alpha value is -2.62. The van der Waals surface area contributed by atoms with Gasteiger partial charge in [0, 0.05) is 0 Å². The van der Waals surface area contributed by atoms with Crippen LogP contribution in [0, 0.1) is 22.7 Å². The second-order valence-electron chi connectivity index (χ2n) is 17.3. The molecule has 0 radical (unpaired) electrons. The normalized spacial score (nSPS) is 33.5. The molecule has 0 saturated heterocycles. The maximum absolute atomic E-state index is 13.2. The maximum Gasteiger partial charge on any atom is 0.311 e. The highest BCUT2D eigenvalue weighted by Gasteiger charge is 2.57. The zero-order valence-electron chi connectivity index (χ0n) is 30.1. The Morgan fingerprint density at radius 1 is 0.739 bits per heavy atom. The van der Waals surface area contributed by atoms with E-state index in [1.54, 1.807) is 7.11 Å². The number of methoxy groups -OCH3 is 1. The van der Waals surface area contributed by atoms with Crippen molar-refractivity contribution in [2.45, 2.75) is 149 Å². The molecular formula is C42H58O4. The fraction of sp³-hybridized carbons (Fsp3) is 0.667. The van der Waals surface area contributed by atoms with Crippen LogP contribution >= 0.6 is 0 Å².